The fraction of sp³-hybridized carbons (Fsp3) is 0.688. The lowest BCUT2D eigenvalue weighted by Crippen LogP contribution is -2.44. The Hall–Kier alpha value is -0.870. The average Bonchev–Trinajstić information content (AvgIpc) is 2.86. The number of piperidine rings is 1. The first-order chi connectivity index (χ1) is 9.65. The van der Waals surface area contributed by atoms with Crippen molar-refractivity contribution < 1.29 is 4.79 Å². The van der Waals surface area contributed by atoms with E-state index in [1.54, 1.807) is 0 Å². The molecule has 0 aromatic carbocycles. The molecule has 1 aromatic heterocycles. The van der Waals surface area contributed by atoms with Gasteiger partial charge >= 0.3 is 0 Å². The van der Waals surface area contributed by atoms with E-state index in [4.69, 9.17) is 0 Å². The van der Waals surface area contributed by atoms with E-state index in [1.165, 1.54) is 10.4 Å². The minimum atomic E-state index is 0.198. The number of hydrogen-bond acceptors (Lipinski definition) is 3. The molecule has 0 bridgehead atoms. The number of thiophene rings is 1. The molecule has 0 aliphatic carbocycles. The van der Waals surface area contributed by atoms with Crippen LogP contribution in [0.2, 0.25) is 0 Å². The maximum Gasteiger partial charge on any atom is 0.226 e. The number of aryl methyl sites for hydroxylation is 1. The number of hydrogen-bond donors (Lipinski definition) is 0. The molecule has 112 valence electrons. The lowest BCUT2D eigenvalue weighted by Gasteiger charge is -2.34. The van der Waals surface area contributed by atoms with Crippen LogP contribution in [0.4, 0.5) is 0 Å². The van der Waals surface area contributed by atoms with Crippen molar-refractivity contribution in [3.8, 4) is 0 Å². The van der Waals surface area contributed by atoms with Crippen molar-refractivity contribution in [2.24, 2.45) is 5.92 Å². The van der Waals surface area contributed by atoms with Gasteiger partial charge in [0.25, 0.3) is 0 Å². The maximum atomic E-state index is 12.5. The fourth-order valence-corrected chi connectivity index (χ4v) is 3.91. The molecule has 1 aliphatic rings. The highest BCUT2D eigenvalue weighted by Crippen LogP contribution is 2.23. The van der Waals surface area contributed by atoms with E-state index in [1.807, 2.05) is 16.2 Å². The van der Waals surface area contributed by atoms with Gasteiger partial charge in [-0.1, -0.05) is 0 Å². The van der Waals surface area contributed by atoms with Crippen molar-refractivity contribution in [3.05, 3.63) is 21.9 Å². The summed E-state index contributed by atoms with van der Waals surface area (Å²) in [5.41, 5.74) is 1.38. The standard InChI is InChI=1S/C16H26N2OS/c1-4-18(5-2)16(19)14-7-6-9-17(11-14)12-15-13(3)8-10-20-15/h8,10,14H,4-7,9,11-12H2,1-3H3/t14-/m1/s1. The second-order valence-corrected chi connectivity index (χ2v) is 6.61. The Morgan fingerprint density at radius 1 is 1.45 bits per heavy atom. The summed E-state index contributed by atoms with van der Waals surface area (Å²) >= 11 is 1.83. The van der Waals surface area contributed by atoms with Crippen LogP contribution in [0, 0.1) is 12.8 Å². The summed E-state index contributed by atoms with van der Waals surface area (Å²) in [7, 11) is 0. The molecule has 1 amide bonds. The van der Waals surface area contributed by atoms with Crippen LogP contribution < -0.4 is 0 Å². The molecule has 20 heavy (non-hydrogen) atoms. The molecular formula is C16H26N2OS. The van der Waals surface area contributed by atoms with E-state index in [2.05, 4.69) is 37.1 Å². The summed E-state index contributed by atoms with van der Waals surface area (Å²) in [6, 6.07) is 2.18. The SMILES string of the molecule is CCN(CC)C(=O)[C@@H]1CCCN(Cc2sccc2C)C1. The molecule has 0 unspecified atom stereocenters. The van der Waals surface area contributed by atoms with E-state index in [-0.39, 0.29) is 5.92 Å². The van der Waals surface area contributed by atoms with Crippen LogP contribution in [0.3, 0.4) is 0 Å². The zero-order chi connectivity index (χ0) is 14.5. The Bertz CT molecular complexity index is 439. The quantitative estimate of drug-likeness (QED) is 0.833. The molecule has 1 aromatic rings. The van der Waals surface area contributed by atoms with Gasteiger partial charge in [-0.25, -0.2) is 0 Å². The number of amides is 1. The average molecular weight is 294 g/mol. The first-order valence-corrected chi connectivity index (χ1v) is 8.57. The predicted octanol–water partition coefficient (Wildman–Crippen LogP) is 3.14. The Kier molecular flexibility index (Phi) is 5.61. The molecule has 2 heterocycles. The van der Waals surface area contributed by atoms with Crippen LogP contribution in [0.25, 0.3) is 0 Å². The summed E-state index contributed by atoms with van der Waals surface area (Å²) in [5.74, 6) is 0.548. The first kappa shape index (κ1) is 15.5. The summed E-state index contributed by atoms with van der Waals surface area (Å²) in [5, 5.41) is 2.16. The summed E-state index contributed by atoms with van der Waals surface area (Å²) in [6.07, 6.45) is 2.19. The van der Waals surface area contributed by atoms with Gasteiger partial charge in [-0.05, 0) is 57.2 Å². The van der Waals surface area contributed by atoms with E-state index < -0.39 is 0 Å². The van der Waals surface area contributed by atoms with Crippen LogP contribution in [0.1, 0.15) is 37.1 Å². The van der Waals surface area contributed by atoms with E-state index in [0.29, 0.717) is 5.91 Å². The number of nitrogens with zero attached hydrogens (tertiary/aromatic N) is 2. The smallest absolute Gasteiger partial charge is 0.226 e. The molecule has 1 saturated heterocycles. The van der Waals surface area contributed by atoms with E-state index >= 15 is 0 Å². The summed E-state index contributed by atoms with van der Waals surface area (Å²) in [4.78, 5) is 18.4. The second-order valence-electron chi connectivity index (χ2n) is 5.61. The van der Waals surface area contributed by atoms with Gasteiger partial charge < -0.3 is 4.90 Å². The monoisotopic (exact) mass is 294 g/mol. The molecule has 0 radical (unpaired) electrons. The lowest BCUT2D eigenvalue weighted by atomic mass is 9.96. The second kappa shape index (κ2) is 7.23. The molecule has 2 rings (SSSR count). The van der Waals surface area contributed by atoms with Crippen molar-refractivity contribution >= 4 is 17.2 Å². The summed E-state index contributed by atoms with van der Waals surface area (Å²) < 4.78 is 0. The number of carbonyl (C=O) groups excluding carboxylic acids is 1. The van der Waals surface area contributed by atoms with Crippen LogP contribution >= 0.6 is 11.3 Å². The highest BCUT2D eigenvalue weighted by atomic mass is 32.1. The van der Waals surface area contributed by atoms with Gasteiger partial charge in [-0.15, -0.1) is 11.3 Å². The number of carbonyl (C=O) groups is 1. The number of likely N-dealkylation sites (tertiary alicyclic amines) is 1. The molecule has 1 aliphatic heterocycles. The topological polar surface area (TPSA) is 23.6 Å². The van der Waals surface area contributed by atoms with Gasteiger partial charge in [0.15, 0.2) is 0 Å². The molecule has 0 spiro atoms. The molecular weight excluding hydrogens is 268 g/mol. The van der Waals surface area contributed by atoms with Gasteiger partial charge in [-0.2, -0.15) is 0 Å². The molecule has 3 nitrogen and oxygen atoms in total. The lowest BCUT2D eigenvalue weighted by molar-refractivity contribution is -0.137. The van der Waals surface area contributed by atoms with Crippen molar-refractivity contribution in [2.75, 3.05) is 26.2 Å². The third kappa shape index (κ3) is 3.61. The number of rotatable bonds is 5. The summed E-state index contributed by atoms with van der Waals surface area (Å²) in [6.45, 7) is 11.0. The third-order valence-corrected chi connectivity index (χ3v) is 5.27. The normalized spacial score (nSPS) is 20.1. The molecule has 4 heteroatoms. The Morgan fingerprint density at radius 2 is 2.20 bits per heavy atom. The minimum absolute atomic E-state index is 0.198. The molecule has 0 N–H and O–H groups in total. The van der Waals surface area contributed by atoms with Gasteiger partial charge in [0.2, 0.25) is 5.91 Å². The van der Waals surface area contributed by atoms with Crippen molar-refractivity contribution in [1.29, 1.82) is 0 Å². The zero-order valence-corrected chi connectivity index (χ0v) is 13.7. The van der Waals surface area contributed by atoms with Crippen molar-refractivity contribution in [2.45, 2.75) is 40.2 Å². The predicted molar refractivity (Wildman–Crippen MR) is 85.0 cm³/mol. The van der Waals surface area contributed by atoms with Gasteiger partial charge in [0.1, 0.15) is 0 Å². The maximum absolute atomic E-state index is 12.5. The molecule has 0 saturated carbocycles. The Balaban J connectivity index is 1.95. The largest absolute Gasteiger partial charge is 0.343 e. The first-order valence-electron chi connectivity index (χ1n) is 7.69. The van der Waals surface area contributed by atoms with Crippen LogP contribution in [-0.4, -0.2) is 41.9 Å². The fourth-order valence-electron chi connectivity index (χ4n) is 2.96. The van der Waals surface area contributed by atoms with Gasteiger partial charge in [0.05, 0.1) is 5.92 Å². The highest BCUT2D eigenvalue weighted by Gasteiger charge is 2.28. The Labute approximate surface area is 126 Å². The van der Waals surface area contributed by atoms with Crippen LogP contribution in [0.15, 0.2) is 11.4 Å². The van der Waals surface area contributed by atoms with E-state index in [0.717, 1.165) is 45.6 Å². The highest BCUT2D eigenvalue weighted by molar-refractivity contribution is 7.10. The van der Waals surface area contributed by atoms with Crippen molar-refractivity contribution in [3.63, 3.8) is 0 Å². The Morgan fingerprint density at radius 3 is 2.80 bits per heavy atom. The third-order valence-electron chi connectivity index (χ3n) is 4.27. The molecule has 1 fully saturated rings. The minimum Gasteiger partial charge on any atom is -0.343 e. The molecule has 1 atom stereocenters. The van der Waals surface area contributed by atoms with Gasteiger partial charge in [-0.3, -0.25) is 9.69 Å². The van der Waals surface area contributed by atoms with Crippen molar-refractivity contribution in [1.82, 2.24) is 9.80 Å². The zero-order valence-electron chi connectivity index (χ0n) is 12.9. The van der Waals surface area contributed by atoms with Crippen LogP contribution in [-0.2, 0) is 11.3 Å². The van der Waals surface area contributed by atoms with Crippen LogP contribution in [0.5, 0.6) is 0 Å². The van der Waals surface area contributed by atoms with Gasteiger partial charge in [0, 0.05) is 31.1 Å². The van der Waals surface area contributed by atoms with E-state index in [9.17, 15) is 4.79 Å².